The van der Waals surface area contributed by atoms with Gasteiger partial charge in [-0.15, -0.1) is 11.3 Å². The van der Waals surface area contributed by atoms with Crippen LogP contribution in [0.3, 0.4) is 0 Å². The molecule has 0 radical (unpaired) electrons. The number of hydrogen-bond acceptors (Lipinski definition) is 6. The fraction of sp³-hybridized carbons (Fsp3) is 0.526. The molecule has 0 saturated heterocycles. The Kier molecular flexibility index (Phi) is 4.12. The normalized spacial score (nSPS) is 16.5. The van der Waals surface area contributed by atoms with Gasteiger partial charge in [-0.1, -0.05) is 13.8 Å². The smallest absolute Gasteiger partial charge is 0.156 e. The molecule has 1 N–H and O–H groups in total. The first-order chi connectivity index (χ1) is 11.9. The Morgan fingerprint density at radius 2 is 2.12 bits per heavy atom. The highest BCUT2D eigenvalue weighted by Crippen LogP contribution is 2.41. The Morgan fingerprint density at radius 3 is 2.92 bits per heavy atom. The van der Waals surface area contributed by atoms with Crippen LogP contribution < -0.4 is 5.32 Å². The number of hydrogen-bond donors (Lipinski definition) is 1. The lowest BCUT2D eigenvalue weighted by Gasteiger charge is -2.31. The third-order valence-electron chi connectivity index (χ3n) is 4.64. The topological polar surface area (TPSA) is 59.9 Å². The van der Waals surface area contributed by atoms with E-state index in [0.29, 0.717) is 12.5 Å². The zero-order chi connectivity index (χ0) is 17.6. The van der Waals surface area contributed by atoms with Gasteiger partial charge in [-0.3, -0.25) is 0 Å². The average molecular weight is 356 g/mol. The van der Waals surface area contributed by atoms with E-state index in [9.17, 15) is 0 Å². The number of ether oxygens (including phenoxy) is 1. The Bertz CT molecular complexity index is 887. The zero-order valence-electron chi connectivity index (χ0n) is 15.2. The third-order valence-corrected chi connectivity index (χ3v) is 5.79. The third kappa shape index (κ3) is 3.20. The molecule has 25 heavy (non-hydrogen) atoms. The van der Waals surface area contributed by atoms with Crippen molar-refractivity contribution in [1.82, 2.24) is 15.0 Å². The first-order valence-corrected chi connectivity index (χ1v) is 9.68. The van der Waals surface area contributed by atoms with Crippen LogP contribution in [0.15, 0.2) is 12.4 Å². The molecule has 3 aliphatic rings. The molecule has 4 heterocycles. The van der Waals surface area contributed by atoms with E-state index in [1.807, 2.05) is 0 Å². The average Bonchev–Trinajstić information content (AvgIpc) is 2.90. The predicted molar refractivity (Wildman–Crippen MR) is 102 cm³/mol. The lowest BCUT2D eigenvalue weighted by Crippen LogP contribution is -2.31. The molecule has 1 aromatic rings. The van der Waals surface area contributed by atoms with Crippen molar-refractivity contribution in [2.75, 3.05) is 11.9 Å². The summed E-state index contributed by atoms with van der Waals surface area (Å²) in [6, 6.07) is 2.20. The number of nitrogens with one attached hydrogen (secondary N) is 1. The van der Waals surface area contributed by atoms with E-state index in [1.165, 1.54) is 10.4 Å². The van der Waals surface area contributed by atoms with Crippen molar-refractivity contribution >= 4 is 28.2 Å². The van der Waals surface area contributed by atoms with Gasteiger partial charge in [0.2, 0.25) is 0 Å². The van der Waals surface area contributed by atoms with E-state index >= 15 is 0 Å². The predicted octanol–water partition coefficient (Wildman–Crippen LogP) is 4.50. The van der Waals surface area contributed by atoms with Crippen LogP contribution in [0.4, 0.5) is 5.82 Å². The Morgan fingerprint density at radius 1 is 1.28 bits per heavy atom. The minimum Gasteiger partial charge on any atom is -0.370 e. The van der Waals surface area contributed by atoms with Gasteiger partial charge in [-0.25, -0.2) is 15.0 Å². The summed E-state index contributed by atoms with van der Waals surface area (Å²) in [5.74, 6) is 1.50. The second kappa shape index (κ2) is 6.18. The van der Waals surface area contributed by atoms with Crippen molar-refractivity contribution in [3.05, 3.63) is 22.8 Å². The second-order valence-corrected chi connectivity index (χ2v) is 8.86. The van der Waals surface area contributed by atoms with Gasteiger partial charge in [-0.2, -0.15) is 0 Å². The van der Waals surface area contributed by atoms with Crippen molar-refractivity contribution in [2.24, 2.45) is 5.92 Å². The highest BCUT2D eigenvalue weighted by atomic mass is 32.1. The second-order valence-electron chi connectivity index (χ2n) is 7.78. The first-order valence-electron chi connectivity index (χ1n) is 8.87. The molecule has 132 valence electrons. The van der Waals surface area contributed by atoms with Gasteiger partial charge in [0.25, 0.3) is 0 Å². The molecule has 0 atom stereocenters. The summed E-state index contributed by atoms with van der Waals surface area (Å²) in [4.78, 5) is 15.1. The van der Waals surface area contributed by atoms with E-state index in [0.717, 1.165) is 46.8 Å². The van der Waals surface area contributed by atoms with Crippen LogP contribution in [-0.2, 0) is 17.8 Å². The molecule has 0 unspecified atom stereocenters. The van der Waals surface area contributed by atoms with Crippen molar-refractivity contribution in [3.8, 4) is 10.6 Å². The van der Waals surface area contributed by atoms with Crippen LogP contribution in [-0.4, -0.2) is 27.1 Å². The minimum absolute atomic E-state index is 0.105. The molecule has 6 heteroatoms. The minimum atomic E-state index is -0.105. The number of aromatic nitrogens is 3. The summed E-state index contributed by atoms with van der Waals surface area (Å²) in [5, 5.41) is 4.47. The van der Waals surface area contributed by atoms with Crippen molar-refractivity contribution in [2.45, 2.75) is 52.7 Å². The fourth-order valence-electron chi connectivity index (χ4n) is 3.18. The Balaban J connectivity index is 1.76. The van der Waals surface area contributed by atoms with Gasteiger partial charge in [0.1, 0.15) is 22.4 Å². The highest BCUT2D eigenvalue weighted by Gasteiger charge is 2.29. The standard InChI is InChI=1S/C19H24N4OS/c1-11(2)5-6-20-17-16-15(21-10-22-17)13-7-12-9-24-19(3,4)8-14(12)25-18(13)23-16/h7,10-11H,5-6,8-9H2,1-4H3,(H,20,21,22). The van der Waals surface area contributed by atoms with Gasteiger partial charge in [0.15, 0.2) is 5.82 Å². The van der Waals surface area contributed by atoms with Gasteiger partial charge in [0, 0.05) is 23.4 Å². The molecular weight excluding hydrogens is 332 g/mol. The Labute approximate surface area is 152 Å². The lowest BCUT2D eigenvalue weighted by atomic mass is 9.98. The molecule has 0 spiro atoms. The van der Waals surface area contributed by atoms with E-state index in [-0.39, 0.29) is 5.60 Å². The molecule has 0 fully saturated rings. The summed E-state index contributed by atoms with van der Waals surface area (Å²) in [6.45, 7) is 10.3. The molecule has 5 nitrogen and oxygen atoms in total. The van der Waals surface area contributed by atoms with Crippen LogP contribution in [0.1, 0.15) is 44.6 Å². The van der Waals surface area contributed by atoms with Crippen LogP contribution in [0.5, 0.6) is 0 Å². The van der Waals surface area contributed by atoms with E-state index < -0.39 is 0 Å². The molecule has 0 aliphatic carbocycles. The van der Waals surface area contributed by atoms with Crippen molar-refractivity contribution in [3.63, 3.8) is 0 Å². The molecule has 4 rings (SSSR count). The SMILES string of the molecule is CC(C)CCNc1ncnc2c3cc4c(sc-3nc12)CC(C)(C)OC4. The van der Waals surface area contributed by atoms with Gasteiger partial charge < -0.3 is 10.1 Å². The quantitative estimate of drug-likeness (QED) is 0.746. The molecule has 0 saturated carbocycles. The highest BCUT2D eigenvalue weighted by molar-refractivity contribution is 7.15. The summed E-state index contributed by atoms with van der Waals surface area (Å²) in [6.07, 6.45) is 3.66. The monoisotopic (exact) mass is 356 g/mol. The summed E-state index contributed by atoms with van der Waals surface area (Å²) >= 11 is 1.77. The van der Waals surface area contributed by atoms with Crippen LogP contribution >= 0.6 is 11.3 Å². The largest absolute Gasteiger partial charge is 0.370 e. The summed E-state index contributed by atoms with van der Waals surface area (Å²) < 4.78 is 5.97. The van der Waals surface area contributed by atoms with Gasteiger partial charge in [0.05, 0.1) is 12.2 Å². The fourth-order valence-corrected chi connectivity index (χ4v) is 4.49. The number of rotatable bonds is 4. The maximum atomic E-state index is 5.97. The van der Waals surface area contributed by atoms with Crippen LogP contribution in [0.2, 0.25) is 0 Å². The maximum Gasteiger partial charge on any atom is 0.156 e. The van der Waals surface area contributed by atoms with E-state index in [1.54, 1.807) is 17.7 Å². The summed E-state index contributed by atoms with van der Waals surface area (Å²) in [5.41, 5.74) is 4.07. The number of nitrogens with zero attached hydrogens (tertiary/aromatic N) is 3. The van der Waals surface area contributed by atoms with E-state index in [4.69, 9.17) is 9.72 Å². The van der Waals surface area contributed by atoms with Gasteiger partial charge in [-0.05, 0) is 37.8 Å². The van der Waals surface area contributed by atoms with Gasteiger partial charge >= 0.3 is 0 Å². The molecule has 0 bridgehead atoms. The van der Waals surface area contributed by atoms with Crippen molar-refractivity contribution in [1.29, 1.82) is 0 Å². The van der Waals surface area contributed by atoms with Crippen LogP contribution in [0.25, 0.3) is 21.6 Å². The summed E-state index contributed by atoms with van der Waals surface area (Å²) in [7, 11) is 0. The molecule has 1 aromatic heterocycles. The molecular formula is C19H24N4OS. The first kappa shape index (κ1) is 16.7. The Hall–Kier alpha value is -1.79. The van der Waals surface area contributed by atoms with E-state index in [2.05, 4.69) is 49.0 Å². The number of anilines is 1. The lowest BCUT2D eigenvalue weighted by molar-refractivity contribution is -0.0390. The zero-order valence-corrected chi connectivity index (χ0v) is 16.0. The maximum absolute atomic E-state index is 5.97. The van der Waals surface area contributed by atoms with Crippen LogP contribution in [0, 0.1) is 5.92 Å². The molecule has 0 amide bonds. The molecule has 0 aromatic carbocycles. The van der Waals surface area contributed by atoms with Crippen molar-refractivity contribution < 1.29 is 4.74 Å². The molecule has 3 aliphatic heterocycles. The number of fused-ring (bicyclic) bond motifs is 4.